The summed E-state index contributed by atoms with van der Waals surface area (Å²) in [6.45, 7) is 3.99. The number of rotatable bonds is 8. The van der Waals surface area contributed by atoms with E-state index in [0.29, 0.717) is 27.8 Å². The lowest BCUT2D eigenvalue weighted by Crippen LogP contribution is -2.51. The number of aromatic nitrogens is 4. The molecule has 5 rings (SSSR count). The number of thioether (sulfide) groups is 2. The molecule has 10 nitrogen and oxygen atoms in total. The van der Waals surface area contributed by atoms with E-state index < -0.39 is 11.8 Å². The molecule has 2 aromatic heterocycles. The van der Waals surface area contributed by atoms with Crippen LogP contribution in [0.4, 0.5) is 0 Å². The Morgan fingerprint density at radius 3 is 1.58 bits per heavy atom. The third kappa shape index (κ3) is 6.01. The Bertz CT molecular complexity index is 1430. The van der Waals surface area contributed by atoms with Gasteiger partial charge in [-0.25, -0.2) is 0 Å². The third-order valence-corrected chi connectivity index (χ3v) is 7.92. The molecule has 0 aliphatic carbocycles. The highest BCUT2D eigenvalue weighted by Gasteiger charge is 2.30. The molecule has 3 heterocycles. The molecule has 0 saturated carbocycles. The van der Waals surface area contributed by atoms with Crippen molar-refractivity contribution in [2.45, 2.75) is 25.4 Å². The van der Waals surface area contributed by atoms with Crippen LogP contribution in [0.1, 0.15) is 22.9 Å². The maximum absolute atomic E-state index is 12.7. The molecule has 192 valence electrons. The van der Waals surface area contributed by atoms with Gasteiger partial charge in [-0.05, 0) is 50.3 Å². The molecular formula is C25H20N6O4S3. The number of nitrogens with zero attached hydrogens (tertiary/aromatic N) is 4. The average Bonchev–Trinajstić information content (AvgIpc) is 3.56. The van der Waals surface area contributed by atoms with Gasteiger partial charge in [-0.15, -0.1) is 43.9 Å². The van der Waals surface area contributed by atoms with Gasteiger partial charge in [0, 0.05) is 11.1 Å². The molecule has 13 heteroatoms. The van der Waals surface area contributed by atoms with Crippen LogP contribution >= 0.6 is 35.7 Å². The summed E-state index contributed by atoms with van der Waals surface area (Å²) < 4.78 is 12.0. The van der Waals surface area contributed by atoms with Crippen LogP contribution < -0.4 is 10.6 Å². The Kier molecular flexibility index (Phi) is 7.67. The van der Waals surface area contributed by atoms with E-state index in [4.69, 9.17) is 21.1 Å². The average molecular weight is 565 g/mol. The van der Waals surface area contributed by atoms with Crippen molar-refractivity contribution in [2.75, 3.05) is 0 Å². The van der Waals surface area contributed by atoms with Crippen molar-refractivity contribution in [2.24, 2.45) is 0 Å². The number of hydrogen-bond donors (Lipinski definition) is 2. The van der Waals surface area contributed by atoms with Crippen LogP contribution in [-0.2, 0) is 21.1 Å². The van der Waals surface area contributed by atoms with Crippen LogP contribution in [0.15, 0.2) is 67.2 Å². The number of thiocarbonyl (C=S) groups is 1. The van der Waals surface area contributed by atoms with Crippen molar-refractivity contribution in [3.8, 4) is 22.9 Å². The molecule has 1 saturated heterocycles. The van der Waals surface area contributed by atoms with Gasteiger partial charge in [-0.3, -0.25) is 20.2 Å². The van der Waals surface area contributed by atoms with Crippen LogP contribution in [0.2, 0.25) is 0 Å². The number of carbonyl (C=O) groups is 2. The zero-order valence-electron chi connectivity index (χ0n) is 20.2. The fourth-order valence-electron chi connectivity index (χ4n) is 3.34. The van der Waals surface area contributed by atoms with Gasteiger partial charge in [-0.2, -0.15) is 0 Å². The van der Waals surface area contributed by atoms with E-state index in [1.807, 2.05) is 62.4 Å². The van der Waals surface area contributed by atoms with Crippen molar-refractivity contribution in [3.05, 3.63) is 81.2 Å². The second-order valence-corrected chi connectivity index (χ2v) is 10.8. The van der Waals surface area contributed by atoms with Gasteiger partial charge in [0.1, 0.15) is 5.57 Å². The quantitative estimate of drug-likeness (QED) is 0.180. The fourth-order valence-corrected chi connectivity index (χ4v) is 5.62. The fraction of sp³-hybridized carbons (Fsp3) is 0.160. The largest absolute Gasteiger partial charge is 0.420 e. The van der Waals surface area contributed by atoms with Crippen LogP contribution in [0.25, 0.3) is 22.9 Å². The lowest BCUT2D eigenvalue weighted by atomic mass is 10.1. The normalized spacial score (nSPS) is 13.4. The van der Waals surface area contributed by atoms with Crippen LogP contribution in [0.3, 0.4) is 0 Å². The first kappa shape index (κ1) is 25.8. The number of aryl methyl sites for hydroxylation is 2. The van der Waals surface area contributed by atoms with E-state index in [-0.39, 0.29) is 22.2 Å². The maximum atomic E-state index is 12.7. The smallest absolute Gasteiger partial charge is 0.264 e. The molecule has 0 atom stereocenters. The molecule has 0 unspecified atom stereocenters. The van der Waals surface area contributed by atoms with Gasteiger partial charge in [0.05, 0.1) is 15.7 Å². The van der Waals surface area contributed by atoms with Crippen LogP contribution in [0.5, 0.6) is 0 Å². The molecule has 38 heavy (non-hydrogen) atoms. The van der Waals surface area contributed by atoms with Crippen molar-refractivity contribution in [3.63, 3.8) is 0 Å². The molecule has 2 amide bonds. The number of benzene rings is 2. The minimum absolute atomic E-state index is 0.0441. The van der Waals surface area contributed by atoms with Gasteiger partial charge in [0.25, 0.3) is 11.8 Å². The summed E-state index contributed by atoms with van der Waals surface area (Å²) in [4.78, 5) is 25.3. The van der Waals surface area contributed by atoms with Gasteiger partial charge in [0.2, 0.25) is 23.6 Å². The maximum Gasteiger partial charge on any atom is 0.264 e. The van der Waals surface area contributed by atoms with E-state index in [1.165, 1.54) is 23.5 Å². The molecule has 2 N–H and O–H groups in total. The standard InChI is InChI=1S/C25H20N6O4S3/c1-13-3-7-15(8-4-13)22-30-28-17(34-22)11-37-24(19-20(32)26-25(36)27-21(19)33)38-12-18-29-31-23(35-18)16-9-5-14(2)6-10-16/h3-10H,11-12H2,1-2H3,(H2,26,27,32,33,36). The SMILES string of the molecule is Cc1ccc(-c2nnc(CSC(SCc3nnc(-c4ccc(C)cc4)o3)=C3C(=O)NC(=S)NC3=O)o2)cc1. The predicted octanol–water partition coefficient (Wildman–Crippen LogP) is 4.31. The molecule has 0 radical (unpaired) electrons. The van der Waals surface area contributed by atoms with Gasteiger partial charge < -0.3 is 8.83 Å². The summed E-state index contributed by atoms with van der Waals surface area (Å²) in [5.41, 5.74) is 3.77. The molecule has 1 fully saturated rings. The first-order chi connectivity index (χ1) is 18.4. The summed E-state index contributed by atoms with van der Waals surface area (Å²) in [7, 11) is 0. The van der Waals surface area contributed by atoms with Crippen molar-refractivity contribution in [1.82, 2.24) is 31.0 Å². The first-order valence-corrected chi connectivity index (χ1v) is 13.7. The Morgan fingerprint density at radius 1 is 0.737 bits per heavy atom. The highest BCUT2D eigenvalue weighted by atomic mass is 32.2. The number of nitrogens with one attached hydrogen (secondary N) is 2. The first-order valence-electron chi connectivity index (χ1n) is 11.3. The number of hydrogen-bond acceptors (Lipinski definition) is 11. The second kappa shape index (κ2) is 11.3. The molecule has 0 bridgehead atoms. The van der Waals surface area contributed by atoms with E-state index in [2.05, 4.69) is 31.0 Å². The monoisotopic (exact) mass is 564 g/mol. The van der Waals surface area contributed by atoms with E-state index in [0.717, 1.165) is 22.3 Å². The number of carbonyl (C=O) groups excluding carboxylic acids is 2. The molecule has 1 aliphatic heterocycles. The van der Waals surface area contributed by atoms with Crippen molar-refractivity contribution < 1.29 is 18.4 Å². The molecule has 0 spiro atoms. The van der Waals surface area contributed by atoms with Crippen LogP contribution in [-0.4, -0.2) is 37.3 Å². The Morgan fingerprint density at radius 2 is 1.16 bits per heavy atom. The summed E-state index contributed by atoms with van der Waals surface area (Å²) in [5, 5.41) is 21.3. The van der Waals surface area contributed by atoms with Gasteiger partial charge in [-0.1, -0.05) is 35.4 Å². The summed E-state index contributed by atoms with van der Waals surface area (Å²) in [5.74, 6) is 0.733. The van der Waals surface area contributed by atoms with E-state index in [1.54, 1.807) is 0 Å². The molecular weight excluding hydrogens is 545 g/mol. The second-order valence-electron chi connectivity index (χ2n) is 8.21. The van der Waals surface area contributed by atoms with Crippen molar-refractivity contribution in [1.29, 1.82) is 0 Å². The van der Waals surface area contributed by atoms with E-state index >= 15 is 0 Å². The lowest BCUT2D eigenvalue weighted by Gasteiger charge is -2.19. The summed E-state index contributed by atoms with van der Waals surface area (Å²) in [6, 6.07) is 15.4. The van der Waals surface area contributed by atoms with Gasteiger partial charge >= 0.3 is 0 Å². The Hall–Kier alpha value is -3.81. The minimum Gasteiger partial charge on any atom is -0.420 e. The molecule has 2 aromatic carbocycles. The van der Waals surface area contributed by atoms with E-state index in [9.17, 15) is 9.59 Å². The lowest BCUT2D eigenvalue weighted by molar-refractivity contribution is -0.123. The zero-order chi connectivity index (χ0) is 26.6. The molecule has 1 aliphatic rings. The minimum atomic E-state index is -0.592. The third-order valence-electron chi connectivity index (χ3n) is 5.30. The molecule has 4 aromatic rings. The Labute approximate surface area is 231 Å². The van der Waals surface area contributed by atoms with Crippen LogP contribution in [0, 0.1) is 13.8 Å². The summed E-state index contributed by atoms with van der Waals surface area (Å²) >= 11 is 7.36. The highest BCUT2D eigenvalue weighted by Crippen LogP contribution is 2.37. The predicted molar refractivity (Wildman–Crippen MR) is 147 cm³/mol. The topological polar surface area (TPSA) is 136 Å². The Balaban J connectivity index is 1.33. The highest BCUT2D eigenvalue weighted by molar-refractivity contribution is 8.21. The number of amides is 2. The van der Waals surface area contributed by atoms with Crippen molar-refractivity contribution >= 4 is 52.7 Å². The van der Waals surface area contributed by atoms with Gasteiger partial charge in [0.15, 0.2) is 5.11 Å². The zero-order valence-corrected chi connectivity index (χ0v) is 22.6. The summed E-state index contributed by atoms with van der Waals surface area (Å²) in [6.07, 6.45) is 0.